The Labute approximate surface area is 162 Å². The topological polar surface area (TPSA) is 90.9 Å². The summed E-state index contributed by atoms with van der Waals surface area (Å²) in [4.78, 5) is 24.7. The van der Waals surface area contributed by atoms with Crippen LogP contribution in [0, 0.1) is 0 Å². The highest BCUT2D eigenvalue weighted by atomic mass is 35.5. The lowest BCUT2D eigenvalue weighted by Crippen LogP contribution is -2.36. The molecule has 0 unspecified atom stereocenters. The van der Waals surface area contributed by atoms with Gasteiger partial charge in [-0.05, 0) is 44.7 Å². The van der Waals surface area contributed by atoms with Gasteiger partial charge in [0.25, 0.3) is 0 Å². The molecule has 2 aromatic heterocycles. The number of rotatable bonds is 4. The molecule has 3 N–H and O–H groups in total. The summed E-state index contributed by atoms with van der Waals surface area (Å²) in [7, 11) is 0. The molecule has 1 fully saturated rings. The highest BCUT2D eigenvalue weighted by molar-refractivity contribution is 6.35. The smallest absolute Gasteiger partial charge is 0.196 e. The molecule has 1 aromatic carbocycles. The van der Waals surface area contributed by atoms with Crippen molar-refractivity contribution in [3.05, 3.63) is 52.9 Å². The molecule has 0 bridgehead atoms. The van der Waals surface area contributed by atoms with E-state index in [0.29, 0.717) is 33.0 Å². The van der Waals surface area contributed by atoms with Crippen LogP contribution in [-0.2, 0) is 0 Å². The number of carbonyl (C=O) groups excluding carboxylic acids is 1. The van der Waals surface area contributed by atoms with Gasteiger partial charge in [0.05, 0.1) is 21.6 Å². The SMILES string of the molecule is C[C@]1(O)CC[C@H](Nc2ncnc3[nH]cc(C(=O)c4ccccc4Cl)c23)CC1. The Hall–Kier alpha value is -2.44. The van der Waals surface area contributed by atoms with Crippen molar-refractivity contribution in [1.82, 2.24) is 15.0 Å². The van der Waals surface area contributed by atoms with Crippen molar-refractivity contribution < 1.29 is 9.90 Å². The van der Waals surface area contributed by atoms with Crippen LogP contribution in [0.15, 0.2) is 36.8 Å². The second kappa shape index (κ2) is 6.94. The van der Waals surface area contributed by atoms with Gasteiger partial charge in [0.1, 0.15) is 17.8 Å². The van der Waals surface area contributed by atoms with Crippen molar-refractivity contribution in [1.29, 1.82) is 0 Å². The number of hydrogen-bond acceptors (Lipinski definition) is 5. The summed E-state index contributed by atoms with van der Waals surface area (Å²) < 4.78 is 0. The second-order valence-corrected chi connectivity index (χ2v) is 7.78. The monoisotopic (exact) mass is 384 g/mol. The third-order valence-corrected chi connectivity index (χ3v) is 5.57. The van der Waals surface area contributed by atoms with E-state index in [-0.39, 0.29) is 11.8 Å². The lowest BCUT2D eigenvalue weighted by Gasteiger charge is -2.33. The first kappa shape index (κ1) is 17.9. The van der Waals surface area contributed by atoms with Crippen molar-refractivity contribution in [2.24, 2.45) is 0 Å². The van der Waals surface area contributed by atoms with E-state index >= 15 is 0 Å². The Balaban J connectivity index is 1.68. The Morgan fingerprint density at radius 2 is 2.00 bits per heavy atom. The third-order valence-electron chi connectivity index (χ3n) is 5.24. The molecular weight excluding hydrogens is 364 g/mol. The zero-order valence-corrected chi connectivity index (χ0v) is 15.8. The minimum atomic E-state index is -0.599. The van der Waals surface area contributed by atoms with Gasteiger partial charge in [-0.1, -0.05) is 23.7 Å². The number of aromatic nitrogens is 3. The Morgan fingerprint density at radius 3 is 2.74 bits per heavy atom. The van der Waals surface area contributed by atoms with Gasteiger partial charge in [-0.15, -0.1) is 0 Å². The van der Waals surface area contributed by atoms with Crippen molar-refractivity contribution in [3.8, 4) is 0 Å². The zero-order valence-electron chi connectivity index (χ0n) is 15.0. The van der Waals surface area contributed by atoms with E-state index in [9.17, 15) is 9.90 Å². The Bertz CT molecular complexity index is 989. The molecule has 0 spiro atoms. The average molecular weight is 385 g/mol. The fourth-order valence-corrected chi connectivity index (χ4v) is 3.84. The van der Waals surface area contributed by atoms with Crippen LogP contribution in [0.25, 0.3) is 11.0 Å². The summed E-state index contributed by atoms with van der Waals surface area (Å²) >= 11 is 6.21. The van der Waals surface area contributed by atoms with E-state index in [0.717, 1.165) is 25.7 Å². The standard InChI is InChI=1S/C20H21ClN4O2/c1-20(27)8-6-12(7-9-20)25-19-16-14(10-22-18(16)23-11-24-19)17(26)13-4-2-3-5-15(13)21/h2-5,10-12,27H,6-9H2,1H3,(H2,22,23,24,25)/t12-,20-. The predicted molar refractivity (Wildman–Crippen MR) is 105 cm³/mol. The van der Waals surface area contributed by atoms with Crippen LogP contribution in [0.2, 0.25) is 5.02 Å². The van der Waals surface area contributed by atoms with Gasteiger partial charge in [0, 0.05) is 17.8 Å². The summed E-state index contributed by atoms with van der Waals surface area (Å²) in [5.74, 6) is 0.458. The number of nitrogens with one attached hydrogen (secondary N) is 2. The van der Waals surface area contributed by atoms with Gasteiger partial charge in [0.2, 0.25) is 0 Å². The number of aromatic amines is 1. The third kappa shape index (κ3) is 3.55. The number of hydrogen-bond donors (Lipinski definition) is 3. The van der Waals surface area contributed by atoms with E-state index in [2.05, 4.69) is 20.3 Å². The normalized spacial score (nSPS) is 22.7. The summed E-state index contributed by atoms with van der Waals surface area (Å²) in [5.41, 5.74) is 0.941. The van der Waals surface area contributed by atoms with Gasteiger partial charge < -0.3 is 15.4 Å². The number of fused-ring (bicyclic) bond motifs is 1. The molecule has 1 aliphatic carbocycles. The predicted octanol–water partition coefficient (Wildman–Crippen LogP) is 3.95. The molecule has 27 heavy (non-hydrogen) atoms. The quantitative estimate of drug-likeness (QED) is 0.592. The summed E-state index contributed by atoms with van der Waals surface area (Å²) in [6, 6.07) is 7.19. The highest BCUT2D eigenvalue weighted by Gasteiger charge is 2.29. The van der Waals surface area contributed by atoms with Gasteiger partial charge in [-0.2, -0.15) is 0 Å². The van der Waals surface area contributed by atoms with Gasteiger partial charge in [0.15, 0.2) is 5.78 Å². The van der Waals surface area contributed by atoms with E-state index in [1.165, 1.54) is 6.33 Å². The molecule has 0 saturated heterocycles. The largest absolute Gasteiger partial charge is 0.390 e. The molecule has 2 heterocycles. The van der Waals surface area contributed by atoms with E-state index in [1.807, 2.05) is 6.92 Å². The molecule has 0 radical (unpaired) electrons. The molecule has 140 valence electrons. The average Bonchev–Trinajstić information content (AvgIpc) is 3.08. The minimum Gasteiger partial charge on any atom is -0.390 e. The van der Waals surface area contributed by atoms with Crippen LogP contribution in [-0.4, -0.2) is 37.5 Å². The van der Waals surface area contributed by atoms with Crippen LogP contribution in [0.5, 0.6) is 0 Å². The summed E-state index contributed by atoms with van der Waals surface area (Å²) in [5, 5.41) is 14.7. The maximum atomic E-state index is 13.1. The number of benzene rings is 1. The number of anilines is 1. The van der Waals surface area contributed by atoms with Crippen LogP contribution in [0.3, 0.4) is 0 Å². The first-order valence-corrected chi connectivity index (χ1v) is 9.43. The number of halogens is 1. The van der Waals surface area contributed by atoms with E-state index in [1.54, 1.807) is 30.5 Å². The number of H-pyrrole nitrogens is 1. The van der Waals surface area contributed by atoms with Gasteiger partial charge >= 0.3 is 0 Å². The molecular formula is C20H21ClN4O2. The van der Waals surface area contributed by atoms with Crippen molar-refractivity contribution in [3.63, 3.8) is 0 Å². The molecule has 0 atom stereocenters. The molecule has 0 aliphatic heterocycles. The molecule has 7 heteroatoms. The molecule has 6 nitrogen and oxygen atoms in total. The molecule has 3 aromatic rings. The first-order chi connectivity index (χ1) is 12.9. The number of aliphatic hydroxyl groups is 1. The molecule has 0 amide bonds. The Kier molecular flexibility index (Phi) is 4.61. The molecule has 1 saturated carbocycles. The van der Waals surface area contributed by atoms with Crippen LogP contribution in [0.1, 0.15) is 48.5 Å². The lowest BCUT2D eigenvalue weighted by atomic mass is 9.83. The van der Waals surface area contributed by atoms with Crippen molar-refractivity contribution in [2.75, 3.05) is 5.32 Å². The van der Waals surface area contributed by atoms with Crippen LogP contribution in [0.4, 0.5) is 5.82 Å². The number of ketones is 1. The zero-order chi connectivity index (χ0) is 19.0. The fraction of sp³-hybridized carbons (Fsp3) is 0.350. The van der Waals surface area contributed by atoms with Gasteiger partial charge in [-0.3, -0.25) is 4.79 Å². The number of carbonyl (C=O) groups is 1. The second-order valence-electron chi connectivity index (χ2n) is 7.37. The van der Waals surface area contributed by atoms with Gasteiger partial charge in [-0.25, -0.2) is 9.97 Å². The Morgan fingerprint density at radius 1 is 1.26 bits per heavy atom. The first-order valence-electron chi connectivity index (χ1n) is 9.05. The van der Waals surface area contributed by atoms with E-state index in [4.69, 9.17) is 11.6 Å². The highest BCUT2D eigenvalue weighted by Crippen LogP contribution is 2.32. The van der Waals surface area contributed by atoms with E-state index < -0.39 is 5.60 Å². The van der Waals surface area contributed by atoms with Crippen molar-refractivity contribution in [2.45, 2.75) is 44.2 Å². The summed E-state index contributed by atoms with van der Waals surface area (Å²) in [6.07, 6.45) is 6.29. The fourth-order valence-electron chi connectivity index (χ4n) is 3.62. The molecule has 4 rings (SSSR count). The minimum absolute atomic E-state index is 0.170. The maximum absolute atomic E-state index is 13.1. The maximum Gasteiger partial charge on any atom is 0.196 e. The van der Waals surface area contributed by atoms with Crippen LogP contribution < -0.4 is 5.32 Å². The summed E-state index contributed by atoms with van der Waals surface area (Å²) in [6.45, 7) is 1.87. The lowest BCUT2D eigenvalue weighted by molar-refractivity contribution is 0.0196. The van der Waals surface area contributed by atoms with Crippen molar-refractivity contribution >= 4 is 34.2 Å². The molecule has 1 aliphatic rings. The number of nitrogens with zero attached hydrogens (tertiary/aromatic N) is 2. The van der Waals surface area contributed by atoms with Crippen LogP contribution >= 0.6 is 11.6 Å².